The van der Waals surface area contributed by atoms with Crippen molar-refractivity contribution in [1.29, 1.82) is 0 Å². The highest BCUT2D eigenvalue weighted by Crippen LogP contribution is 2.31. The minimum Gasteiger partial charge on any atom is -0.378 e. The summed E-state index contributed by atoms with van der Waals surface area (Å²) in [6, 6.07) is 5.42. The van der Waals surface area contributed by atoms with Crippen LogP contribution in [0, 0.1) is 0 Å². The van der Waals surface area contributed by atoms with Crippen molar-refractivity contribution in [3.05, 3.63) is 29.8 Å². The van der Waals surface area contributed by atoms with Crippen LogP contribution in [0.5, 0.6) is 0 Å². The molecule has 7 nitrogen and oxygen atoms in total. The van der Waals surface area contributed by atoms with Crippen molar-refractivity contribution in [2.75, 3.05) is 41.8 Å². The van der Waals surface area contributed by atoms with Crippen LogP contribution in [-0.2, 0) is 4.74 Å². The summed E-state index contributed by atoms with van der Waals surface area (Å²) in [7, 11) is 0. The van der Waals surface area contributed by atoms with E-state index in [0.717, 1.165) is 47.3 Å². The van der Waals surface area contributed by atoms with Gasteiger partial charge in [0.25, 0.3) is 0 Å². The number of hydrogen-bond acceptors (Lipinski definition) is 7. The summed E-state index contributed by atoms with van der Waals surface area (Å²) < 4.78 is 6.42. The van der Waals surface area contributed by atoms with Gasteiger partial charge in [0.1, 0.15) is 0 Å². The Morgan fingerprint density at radius 2 is 2.12 bits per heavy atom. The van der Waals surface area contributed by atoms with Gasteiger partial charge in [0.15, 0.2) is 10.3 Å². The van der Waals surface area contributed by atoms with Crippen LogP contribution >= 0.6 is 22.7 Å². The number of carbonyl (C=O) groups is 1. The highest BCUT2D eigenvalue weighted by molar-refractivity contribution is 7.22. The molecule has 1 aromatic carbocycles. The topological polar surface area (TPSA) is 79.4 Å². The predicted molar refractivity (Wildman–Crippen MR) is 97.4 cm³/mol. The first-order valence-electron chi connectivity index (χ1n) is 7.49. The molecule has 0 unspecified atom stereocenters. The Kier molecular flexibility index (Phi) is 4.28. The zero-order valence-electron chi connectivity index (χ0n) is 12.7. The van der Waals surface area contributed by atoms with E-state index in [0.29, 0.717) is 5.13 Å². The van der Waals surface area contributed by atoms with E-state index in [-0.39, 0.29) is 6.03 Å². The summed E-state index contributed by atoms with van der Waals surface area (Å²) in [5.74, 6) is 0. The molecular formula is C15H15N5O2S2. The molecule has 0 atom stereocenters. The van der Waals surface area contributed by atoms with Gasteiger partial charge in [-0.15, -0.1) is 11.3 Å². The lowest BCUT2D eigenvalue weighted by molar-refractivity contribution is 0.122. The van der Waals surface area contributed by atoms with E-state index in [1.807, 2.05) is 23.6 Å². The molecule has 0 bridgehead atoms. The lowest BCUT2D eigenvalue weighted by atomic mass is 10.3. The number of rotatable bonds is 3. The minimum atomic E-state index is -0.304. The Morgan fingerprint density at radius 1 is 1.25 bits per heavy atom. The lowest BCUT2D eigenvalue weighted by Gasteiger charge is -2.25. The zero-order valence-corrected chi connectivity index (χ0v) is 14.3. The van der Waals surface area contributed by atoms with Gasteiger partial charge in [-0.3, -0.25) is 5.32 Å². The number of fused-ring (bicyclic) bond motifs is 1. The van der Waals surface area contributed by atoms with Crippen LogP contribution in [0.3, 0.4) is 0 Å². The largest absolute Gasteiger partial charge is 0.378 e. The Bertz CT molecular complexity index is 843. The van der Waals surface area contributed by atoms with Gasteiger partial charge in [0.05, 0.1) is 23.4 Å². The zero-order chi connectivity index (χ0) is 16.4. The smallest absolute Gasteiger partial charge is 0.325 e. The molecule has 2 aromatic heterocycles. The van der Waals surface area contributed by atoms with E-state index in [1.165, 1.54) is 11.3 Å². The van der Waals surface area contributed by atoms with Crippen LogP contribution in [-0.4, -0.2) is 42.3 Å². The molecule has 4 rings (SSSR count). The van der Waals surface area contributed by atoms with E-state index >= 15 is 0 Å². The van der Waals surface area contributed by atoms with Crippen molar-refractivity contribution in [3.63, 3.8) is 0 Å². The minimum absolute atomic E-state index is 0.304. The molecule has 3 heterocycles. The Balaban J connectivity index is 1.49. The summed E-state index contributed by atoms with van der Waals surface area (Å²) in [5.41, 5.74) is 1.67. The maximum atomic E-state index is 12.0. The summed E-state index contributed by atoms with van der Waals surface area (Å²) in [4.78, 5) is 22.9. The van der Waals surface area contributed by atoms with Gasteiger partial charge in [0.2, 0.25) is 0 Å². The number of aromatic nitrogens is 2. The van der Waals surface area contributed by atoms with Crippen LogP contribution in [0.1, 0.15) is 0 Å². The number of ether oxygens (including phenoxy) is 1. The van der Waals surface area contributed by atoms with Crippen LogP contribution in [0.15, 0.2) is 29.8 Å². The van der Waals surface area contributed by atoms with E-state index in [2.05, 4.69) is 25.5 Å². The van der Waals surface area contributed by atoms with E-state index in [9.17, 15) is 4.79 Å². The monoisotopic (exact) mass is 361 g/mol. The summed E-state index contributed by atoms with van der Waals surface area (Å²) in [5, 5.41) is 8.90. The standard InChI is InChI=1S/C15H15N5O2S2/c21-13(19-14-16-3-8-23-14)17-10-1-2-11-12(9-10)24-15(18-11)20-4-6-22-7-5-20/h1-3,8-9H,4-7H2,(H2,16,17,19,21). The summed E-state index contributed by atoms with van der Waals surface area (Å²) in [6.07, 6.45) is 1.65. The highest BCUT2D eigenvalue weighted by atomic mass is 32.1. The molecule has 0 saturated carbocycles. The lowest BCUT2D eigenvalue weighted by Crippen LogP contribution is -2.36. The SMILES string of the molecule is O=C(Nc1ccc2nc(N3CCOCC3)sc2c1)Nc1nccs1. The van der Waals surface area contributed by atoms with Gasteiger partial charge >= 0.3 is 6.03 Å². The van der Waals surface area contributed by atoms with E-state index < -0.39 is 0 Å². The van der Waals surface area contributed by atoms with Gasteiger partial charge in [-0.2, -0.15) is 0 Å². The van der Waals surface area contributed by atoms with Crippen LogP contribution in [0.2, 0.25) is 0 Å². The molecule has 124 valence electrons. The maximum absolute atomic E-state index is 12.0. The molecule has 0 spiro atoms. The molecule has 1 aliphatic rings. The summed E-state index contributed by atoms with van der Waals surface area (Å²) >= 11 is 3.00. The van der Waals surface area contributed by atoms with Crippen molar-refractivity contribution >= 4 is 54.9 Å². The normalized spacial score (nSPS) is 14.8. The number of anilines is 3. The third-order valence-electron chi connectivity index (χ3n) is 3.57. The Morgan fingerprint density at radius 3 is 2.92 bits per heavy atom. The predicted octanol–water partition coefficient (Wildman–Crippen LogP) is 3.23. The van der Waals surface area contributed by atoms with Gasteiger partial charge in [0, 0.05) is 30.4 Å². The second kappa shape index (κ2) is 6.71. The molecule has 24 heavy (non-hydrogen) atoms. The summed E-state index contributed by atoms with van der Waals surface area (Å²) in [6.45, 7) is 3.20. The van der Waals surface area contributed by atoms with Gasteiger partial charge in [-0.25, -0.2) is 14.8 Å². The molecule has 2 N–H and O–H groups in total. The number of urea groups is 1. The van der Waals surface area contributed by atoms with Gasteiger partial charge in [-0.05, 0) is 18.2 Å². The molecule has 3 aromatic rings. The van der Waals surface area contributed by atoms with Crippen molar-refractivity contribution < 1.29 is 9.53 Å². The van der Waals surface area contributed by atoms with Crippen LogP contribution in [0.25, 0.3) is 10.2 Å². The fourth-order valence-corrected chi connectivity index (χ4v) is 4.01. The number of nitrogens with zero attached hydrogens (tertiary/aromatic N) is 3. The fourth-order valence-electron chi connectivity index (χ4n) is 2.42. The van der Waals surface area contributed by atoms with E-state index in [4.69, 9.17) is 4.74 Å². The molecule has 0 aliphatic carbocycles. The van der Waals surface area contributed by atoms with Crippen molar-refractivity contribution in [3.8, 4) is 0 Å². The highest BCUT2D eigenvalue weighted by Gasteiger charge is 2.15. The second-order valence-electron chi connectivity index (χ2n) is 5.19. The molecule has 9 heteroatoms. The van der Waals surface area contributed by atoms with Crippen LogP contribution < -0.4 is 15.5 Å². The first-order chi connectivity index (χ1) is 11.8. The number of nitrogens with one attached hydrogen (secondary N) is 2. The molecule has 0 radical (unpaired) electrons. The van der Waals surface area contributed by atoms with Crippen molar-refractivity contribution in [2.24, 2.45) is 0 Å². The number of thiazole rings is 2. The molecule has 1 aliphatic heterocycles. The second-order valence-corrected chi connectivity index (χ2v) is 7.10. The van der Waals surface area contributed by atoms with E-state index in [1.54, 1.807) is 17.5 Å². The van der Waals surface area contributed by atoms with Crippen LogP contribution in [0.4, 0.5) is 20.7 Å². The first-order valence-corrected chi connectivity index (χ1v) is 9.18. The third-order valence-corrected chi connectivity index (χ3v) is 5.34. The average Bonchev–Trinajstić information content (AvgIpc) is 3.24. The molecule has 1 saturated heterocycles. The van der Waals surface area contributed by atoms with Gasteiger partial charge in [-0.1, -0.05) is 11.3 Å². The number of hydrogen-bond donors (Lipinski definition) is 2. The van der Waals surface area contributed by atoms with Crippen molar-refractivity contribution in [1.82, 2.24) is 9.97 Å². The Labute approximate surface area is 146 Å². The average molecular weight is 361 g/mol. The van der Waals surface area contributed by atoms with Gasteiger partial charge < -0.3 is 15.0 Å². The molecule has 2 amide bonds. The number of amides is 2. The number of carbonyl (C=O) groups excluding carboxylic acids is 1. The molecule has 1 fully saturated rings. The quantitative estimate of drug-likeness (QED) is 0.749. The first kappa shape index (κ1) is 15.3. The fraction of sp³-hybridized carbons (Fsp3) is 0.267. The number of benzene rings is 1. The maximum Gasteiger partial charge on any atom is 0.325 e. The molecular weight excluding hydrogens is 346 g/mol. The Hall–Kier alpha value is -2.23. The third kappa shape index (κ3) is 3.32. The van der Waals surface area contributed by atoms with Crippen molar-refractivity contribution in [2.45, 2.75) is 0 Å². The number of morpholine rings is 1.